The van der Waals surface area contributed by atoms with Gasteiger partial charge in [0.25, 0.3) is 0 Å². The molecule has 0 aliphatic carbocycles. The molecule has 4 aromatic rings. The third kappa shape index (κ3) is 9.32. The second-order valence-electron chi connectivity index (χ2n) is 9.31. The van der Waals surface area contributed by atoms with Gasteiger partial charge >= 0.3 is 7.12 Å². The molecule has 12 heteroatoms. The molecule has 0 spiro atoms. The van der Waals surface area contributed by atoms with Crippen LogP contribution in [-0.4, -0.2) is 27.1 Å². The van der Waals surface area contributed by atoms with Crippen LogP contribution in [0.1, 0.15) is 50.7 Å². The van der Waals surface area contributed by atoms with Crippen molar-refractivity contribution in [1.29, 1.82) is 0 Å². The van der Waals surface area contributed by atoms with Crippen molar-refractivity contribution in [1.82, 2.24) is 9.97 Å². The summed E-state index contributed by atoms with van der Waals surface area (Å²) in [4.78, 5) is 6.71. The Morgan fingerprint density at radius 1 is 0.725 bits per heavy atom. The molecule has 0 aliphatic rings. The van der Waals surface area contributed by atoms with Gasteiger partial charge < -0.3 is 21.5 Å². The lowest BCUT2D eigenvalue weighted by molar-refractivity contribution is 0.425. The van der Waals surface area contributed by atoms with Crippen LogP contribution in [0.3, 0.4) is 0 Å². The number of hydrogen-bond donors (Lipinski definition) is 4. The summed E-state index contributed by atoms with van der Waals surface area (Å²) in [7, 11) is -1.63. The van der Waals surface area contributed by atoms with E-state index in [1.165, 1.54) is 48.8 Å². The largest absolute Gasteiger partial charge is 0.488 e. The summed E-state index contributed by atoms with van der Waals surface area (Å²) in [6, 6.07) is 10.7. The van der Waals surface area contributed by atoms with Gasteiger partial charge in [-0.05, 0) is 92.4 Å². The minimum atomic E-state index is -1.63. The number of nitrogens with zero attached hydrogens (tertiary/aromatic N) is 2. The number of hydrogen-bond acceptors (Lipinski definition) is 6. The van der Waals surface area contributed by atoms with Crippen molar-refractivity contribution in [2.75, 3.05) is 11.5 Å². The normalized spacial score (nSPS) is 10.5. The van der Waals surface area contributed by atoms with Gasteiger partial charge in [-0.3, -0.25) is 0 Å². The first-order valence-electron chi connectivity index (χ1n) is 12.1. The zero-order valence-corrected chi connectivity index (χ0v) is 23.9. The van der Waals surface area contributed by atoms with E-state index in [0.717, 1.165) is 17.2 Å². The molecule has 40 heavy (non-hydrogen) atoms. The number of rotatable bonds is 4. The average molecular weight is 621 g/mol. The van der Waals surface area contributed by atoms with Gasteiger partial charge in [-0.1, -0.05) is 27.7 Å². The maximum Gasteiger partial charge on any atom is 0.488 e. The van der Waals surface area contributed by atoms with Crippen LogP contribution in [0.15, 0.2) is 65.4 Å². The predicted molar refractivity (Wildman–Crippen MR) is 155 cm³/mol. The first-order chi connectivity index (χ1) is 18.7. The van der Waals surface area contributed by atoms with Gasteiger partial charge in [-0.15, -0.1) is 0 Å². The molecule has 0 amide bonds. The zero-order valence-electron chi connectivity index (χ0n) is 22.3. The highest BCUT2D eigenvalue weighted by Crippen LogP contribution is 2.33. The molecular formula is C28H30BBrF4N4O2. The van der Waals surface area contributed by atoms with E-state index in [9.17, 15) is 17.6 Å². The molecule has 0 saturated carbocycles. The molecular weight excluding hydrogens is 591 g/mol. The second kappa shape index (κ2) is 14.8. The molecule has 0 saturated heterocycles. The molecule has 0 radical (unpaired) electrons. The van der Waals surface area contributed by atoms with Gasteiger partial charge in [0, 0.05) is 39.9 Å². The summed E-state index contributed by atoms with van der Waals surface area (Å²) >= 11 is 3.20. The van der Waals surface area contributed by atoms with Crippen LogP contribution < -0.4 is 16.9 Å². The van der Waals surface area contributed by atoms with Crippen LogP contribution >= 0.6 is 15.9 Å². The molecule has 6 nitrogen and oxygen atoms in total. The van der Waals surface area contributed by atoms with Crippen molar-refractivity contribution in [3.8, 4) is 11.1 Å². The molecule has 212 valence electrons. The summed E-state index contributed by atoms with van der Waals surface area (Å²) in [6.45, 7) is 7.83. The zero-order chi connectivity index (χ0) is 30.1. The van der Waals surface area contributed by atoms with Gasteiger partial charge in [0.05, 0.1) is 0 Å². The molecule has 0 unspecified atom stereocenters. The molecule has 0 aliphatic heterocycles. The smallest absolute Gasteiger partial charge is 0.423 e. The highest BCUT2D eigenvalue weighted by atomic mass is 79.9. The number of anilines is 2. The SMILES string of the molecule is CC(C)c1cc(F)cc(-c2ccnc(F)c2)c1N.CC(C)c1cc(F)cc(Br)c1N.OB(O)c1ccnc(F)c1. The van der Waals surface area contributed by atoms with Crippen LogP contribution in [0.2, 0.25) is 0 Å². The Morgan fingerprint density at radius 3 is 1.70 bits per heavy atom. The third-order valence-corrected chi connectivity index (χ3v) is 6.29. The van der Waals surface area contributed by atoms with E-state index in [-0.39, 0.29) is 28.9 Å². The Balaban J connectivity index is 0.000000222. The van der Waals surface area contributed by atoms with Gasteiger partial charge in [0.15, 0.2) is 0 Å². The summed E-state index contributed by atoms with van der Waals surface area (Å²) in [5.41, 5.74) is 15.6. The molecule has 0 fully saturated rings. The van der Waals surface area contributed by atoms with E-state index < -0.39 is 19.0 Å². The van der Waals surface area contributed by atoms with Crippen molar-refractivity contribution in [2.45, 2.75) is 39.5 Å². The molecule has 6 N–H and O–H groups in total. The number of halogens is 5. The molecule has 2 aromatic heterocycles. The minimum absolute atomic E-state index is 0.103. The lowest BCUT2D eigenvalue weighted by Crippen LogP contribution is -2.30. The van der Waals surface area contributed by atoms with E-state index in [1.54, 1.807) is 6.07 Å². The fourth-order valence-electron chi connectivity index (χ4n) is 3.59. The van der Waals surface area contributed by atoms with Gasteiger partial charge in [-0.25, -0.2) is 18.7 Å². The summed E-state index contributed by atoms with van der Waals surface area (Å²) in [6.07, 6.45) is 2.51. The lowest BCUT2D eigenvalue weighted by Gasteiger charge is -2.14. The van der Waals surface area contributed by atoms with Crippen LogP contribution in [0.25, 0.3) is 11.1 Å². The Kier molecular flexibility index (Phi) is 12.1. The van der Waals surface area contributed by atoms with E-state index >= 15 is 0 Å². The van der Waals surface area contributed by atoms with E-state index in [4.69, 9.17) is 21.5 Å². The van der Waals surface area contributed by atoms with Crippen molar-refractivity contribution in [3.05, 3.63) is 100 Å². The molecule has 0 bridgehead atoms. The summed E-state index contributed by atoms with van der Waals surface area (Å²) in [5.74, 6) is -1.60. The van der Waals surface area contributed by atoms with Crippen molar-refractivity contribution >= 4 is 39.9 Å². The molecule has 2 aromatic carbocycles. The van der Waals surface area contributed by atoms with Gasteiger partial charge in [0.2, 0.25) is 11.9 Å². The molecule has 0 atom stereocenters. The quantitative estimate of drug-likeness (QED) is 0.0973. The van der Waals surface area contributed by atoms with Crippen molar-refractivity contribution in [2.24, 2.45) is 0 Å². The monoisotopic (exact) mass is 620 g/mol. The van der Waals surface area contributed by atoms with Crippen LogP contribution in [0.4, 0.5) is 28.9 Å². The van der Waals surface area contributed by atoms with Crippen molar-refractivity contribution < 1.29 is 27.6 Å². The fourth-order valence-corrected chi connectivity index (χ4v) is 4.03. The van der Waals surface area contributed by atoms with Gasteiger partial charge in [0.1, 0.15) is 11.6 Å². The third-order valence-electron chi connectivity index (χ3n) is 5.63. The maximum atomic E-state index is 13.6. The fraction of sp³-hybridized carbons (Fsp3) is 0.214. The van der Waals surface area contributed by atoms with Gasteiger partial charge in [-0.2, -0.15) is 8.78 Å². The topological polar surface area (TPSA) is 118 Å². The number of nitrogen functional groups attached to an aromatic ring is 2. The minimum Gasteiger partial charge on any atom is -0.423 e. The molecule has 4 rings (SSSR count). The predicted octanol–water partition coefficient (Wildman–Crippen LogP) is 5.93. The van der Waals surface area contributed by atoms with Crippen molar-refractivity contribution in [3.63, 3.8) is 0 Å². The number of benzene rings is 2. The summed E-state index contributed by atoms with van der Waals surface area (Å²) < 4.78 is 52.4. The Hall–Kier alpha value is -3.48. The first-order valence-corrected chi connectivity index (χ1v) is 12.9. The van der Waals surface area contributed by atoms with E-state index in [2.05, 4.69) is 25.9 Å². The Labute approximate surface area is 239 Å². The summed E-state index contributed by atoms with van der Waals surface area (Å²) in [5, 5.41) is 17.0. The number of nitrogens with two attached hydrogens (primary N) is 2. The maximum absolute atomic E-state index is 13.6. The number of aromatic nitrogens is 2. The van der Waals surface area contributed by atoms with Crippen LogP contribution in [-0.2, 0) is 0 Å². The second-order valence-corrected chi connectivity index (χ2v) is 10.2. The van der Waals surface area contributed by atoms with Crippen LogP contribution in [0, 0.1) is 23.5 Å². The number of pyridine rings is 2. The highest BCUT2D eigenvalue weighted by Gasteiger charge is 2.14. The van der Waals surface area contributed by atoms with E-state index in [0.29, 0.717) is 27.0 Å². The van der Waals surface area contributed by atoms with E-state index in [1.807, 2.05) is 27.7 Å². The lowest BCUT2D eigenvalue weighted by atomic mass is 9.81. The standard InChI is InChI=1S/C14H14F2N2.C9H11BrFN.C5H5BFNO2/c1-8(2)11-6-10(15)7-12(14(11)17)9-3-4-18-13(16)5-9;1-5(2)7-3-6(11)4-8(10)9(7)12;7-5-3-4(6(9)10)1-2-8-5/h3-8H,17H2,1-2H3;3-5H,12H2,1-2H3;1-3,9-10H. The van der Waals surface area contributed by atoms with Crippen LogP contribution in [0.5, 0.6) is 0 Å². The Bertz CT molecular complexity index is 1440. The Morgan fingerprint density at radius 2 is 1.23 bits per heavy atom. The molecule has 2 heterocycles. The average Bonchev–Trinajstić information content (AvgIpc) is 2.87. The highest BCUT2D eigenvalue weighted by molar-refractivity contribution is 9.10. The first kappa shape index (κ1) is 32.7.